The fourth-order valence-electron chi connectivity index (χ4n) is 3.83. The van der Waals surface area contributed by atoms with Crippen LogP contribution >= 0.6 is 0 Å². The number of aromatic nitrogens is 4. The molecule has 0 spiro atoms. The summed E-state index contributed by atoms with van der Waals surface area (Å²) in [7, 11) is 0. The van der Waals surface area contributed by atoms with Crippen LogP contribution in [0.3, 0.4) is 0 Å². The number of nitrogens with zero attached hydrogens (tertiary/aromatic N) is 5. The van der Waals surface area contributed by atoms with Gasteiger partial charge in [0, 0.05) is 18.0 Å². The fraction of sp³-hybridized carbons (Fsp3) is 0.370. The summed E-state index contributed by atoms with van der Waals surface area (Å²) in [5, 5.41) is 0. The Morgan fingerprint density at radius 2 is 1.82 bits per heavy atom. The van der Waals surface area contributed by atoms with Gasteiger partial charge in [0.1, 0.15) is 0 Å². The Kier molecular flexibility index (Phi) is 7.96. The zero-order valence-electron chi connectivity index (χ0n) is 20.1. The van der Waals surface area contributed by atoms with Crippen LogP contribution in [0.4, 0.5) is 0 Å². The zero-order chi connectivity index (χ0) is 23.8. The molecule has 0 aromatic carbocycles. The molecular formula is C27H31N5O2. The van der Waals surface area contributed by atoms with Crippen molar-refractivity contribution in [3.63, 3.8) is 0 Å². The topological polar surface area (TPSA) is 82.4 Å². The second kappa shape index (κ2) is 11.5. The third-order valence-corrected chi connectivity index (χ3v) is 5.56. The van der Waals surface area contributed by atoms with E-state index in [-0.39, 0.29) is 6.04 Å². The van der Waals surface area contributed by atoms with Gasteiger partial charge in [0.05, 0.1) is 31.0 Å². The second-order valence-corrected chi connectivity index (χ2v) is 8.20. The quantitative estimate of drug-likeness (QED) is 0.490. The van der Waals surface area contributed by atoms with Gasteiger partial charge in [0.15, 0.2) is 5.82 Å². The van der Waals surface area contributed by atoms with Crippen molar-refractivity contribution in [2.75, 3.05) is 13.2 Å². The summed E-state index contributed by atoms with van der Waals surface area (Å²) in [5.41, 5.74) is 4.58. The van der Waals surface area contributed by atoms with Gasteiger partial charge in [-0.15, -0.1) is 0 Å². The molecule has 4 rings (SSSR count). The maximum absolute atomic E-state index is 5.56. The molecule has 0 N–H and O–H groups in total. The Hall–Kier alpha value is -3.61. The summed E-state index contributed by atoms with van der Waals surface area (Å²) in [4.78, 5) is 22.7. The smallest absolute Gasteiger partial charge is 0.220 e. The van der Waals surface area contributed by atoms with Gasteiger partial charge in [-0.1, -0.05) is 35.5 Å². The van der Waals surface area contributed by atoms with Crippen molar-refractivity contribution < 1.29 is 9.47 Å². The number of aliphatic imine (C=N–C) groups is 1. The largest absolute Gasteiger partial charge is 0.478 e. The highest BCUT2D eigenvalue weighted by molar-refractivity contribution is 6.11. The fourth-order valence-corrected chi connectivity index (χ4v) is 3.83. The minimum absolute atomic E-state index is 0.146. The van der Waals surface area contributed by atoms with Gasteiger partial charge >= 0.3 is 0 Å². The van der Waals surface area contributed by atoms with Crippen LogP contribution in [0.25, 0.3) is 17.2 Å². The monoisotopic (exact) mass is 457 g/mol. The molecule has 2 aliphatic rings. The van der Waals surface area contributed by atoms with Crippen molar-refractivity contribution in [2.45, 2.75) is 52.5 Å². The molecular weight excluding hydrogens is 426 g/mol. The van der Waals surface area contributed by atoms with Gasteiger partial charge in [0.25, 0.3) is 0 Å². The average molecular weight is 458 g/mol. The second-order valence-electron chi connectivity index (χ2n) is 8.20. The van der Waals surface area contributed by atoms with Crippen LogP contribution in [0, 0.1) is 0 Å². The van der Waals surface area contributed by atoms with E-state index in [9.17, 15) is 0 Å². The lowest BCUT2D eigenvalue weighted by Gasteiger charge is -2.09. The Labute approximate surface area is 201 Å². The van der Waals surface area contributed by atoms with Crippen molar-refractivity contribution in [1.82, 2.24) is 19.9 Å². The number of hydrogen-bond donors (Lipinski definition) is 0. The van der Waals surface area contributed by atoms with E-state index in [1.54, 1.807) is 12.3 Å². The summed E-state index contributed by atoms with van der Waals surface area (Å²) >= 11 is 0. The maximum Gasteiger partial charge on any atom is 0.220 e. The lowest BCUT2D eigenvalue weighted by atomic mass is 10.00. The molecule has 7 nitrogen and oxygen atoms in total. The Morgan fingerprint density at radius 3 is 2.59 bits per heavy atom. The molecule has 3 heterocycles. The van der Waals surface area contributed by atoms with Crippen LogP contribution < -0.4 is 9.47 Å². The molecule has 2 aromatic rings. The highest BCUT2D eigenvalue weighted by Gasteiger charge is 2.16. The van der Waals surface area contributed by atoms with Crippen LogP contribution in [0.5, 0.6) is 11.8 Å². The highest BCUT2D eigenvalue weighted by atomic mass is 16.5. The maximum atomic E-state index is 5.56. The molecule has 2 aromatic heterocycles. The summed E-state index contributed by atoms with van der Waals surface area (Å²) in [6, 6.07) is 3.70. The predicted octanol–water partition coefficient (Wildman–Crippen LogP) is 5.57. The SMILES string of the molecule is CCOc1cc(OCC)nc(-c2nccc(C3=CC(CCC4=CCCC(C)=CC=C4)N=C3)n2)n1. The van der Waals surface area contributed by atoms with Gasteiger partial charge < -0.3 is 9.47 Å². The number of allylic oxidation sites excluding steroid dienone is 7. The van der Waals surface area contributed by atoms with E-state index in [0.29, 0.717) is 36.6 Å². The van der Waals surface area contributed by atoms with Crippen molar-refractivity contribution in [1.29, 1.82) is 0 Å². The van der Waals surface area contributed by atoms with Crippen molar-refractivity contribution in [3.8, 4) is 23.4 Å². The number of rotatable bonds is 9. The number of ether oxygens (including phenoxy) is 2. The third kappa shape index (κ3) is 6.25. The van der Waals surface area contributed by atoms with Crippen molar-refractivity contribution >= 4 is 11.8 Å². The molecule has 176 valence electrons. The first kappa shape index (κ1) is 23.5. The van der Waals surface area contributed by atoms with Crippen molar-refractivity contribution in [3.05, 3.63) is 65.5 Å². The van der Waals surface area contributed by atoms with E-state index in [4.69, 9.17) is 19.5 Å². The Balaban J connectivity index is 1.47. The first-order valence-corrected chi connectivity index (χ1v) is 11.9. The minimum atomic E-state index is 0.146. The van der Waals surface area contributed by atoms with Crippen LogP contribution in [-0.2, 0) is 0 Å². The molecule has 0 bridgehead atoms. The molecule has 1 aliphatic heterocycles. The lowest BCUT2D eigenvalue weighted by Crippen LogP contribution is -2.04. The van der Waals surface area contributed by atoms with Gasteiger partial charge in [0.2, 0.25) is 17.6 Å². The van der Waals surface area contributed by atoms with E-state index >= 15 is 0 Å². The van der Waals surface area contributed by atoms with Crippen molar-refractivity contribution in [2.24, 2.45) is 4.99 Å². The molecule has 1 aliphatic carbocycles. The summed E-state index contributed by atoms with van der Waals surface area (Å²) in [6.45, 7) is 6.99. The summed E-state index contributed by atoms with van der Waals surface area (Å²) in [5.74, 6) is 1.67. The molecule has 34 heavy (non-hydrogen) atoms. The average Bonchev–Trinajstić information content (AvgIpc) is 3.30. The number of hydrogen-bond acceptors (Lipinski definition) is 7. The first-order chi connectivity index (χ1) is 16.6. The molecule has 0 fully saturated rings. The van der Waals surface area contributed by atoms with Gasteiger partial charge in [-0.05, 0) is 58.6 Å². The Bertz CT molecular complexity index is 1140. The molecule has 0 amide bonds. The van der Waals surface area contributed by atoms with Gasteiger partial charge in [-0.25, -0.2) is 9.97 Å². The van der Waals surface area contributed by atoms with E-state index in [1.807, 2.05) is 26.1 Å². The predicted molar refractivity (Wildman–Crippen MR) is 135 cm³/mol. The molecule has 0 radical (unpaired) electrons. The molecule has 1 unspecified atom stereocenters. The lowest BCUT2D eigenvalue weighted by molar-refractivity contribution is 0.306. The van der Waals surface area contributed by atoms with Gasteiger partial charge in [-0.2, -0.15) is 9.97 Å². The van der Waals surface area contributed by atoms with E-state index in [1.165, 1.54) is 11.1 Å². The molecule has 0 saturated carbocycles. The highest BCUT2D eigenvalue weighted by Crippen LogP contribution is 2.25. The normalized spacial score (nSPS) is 17.5. The first-order valence-electron chi connectivity index (χ1n) is 11.9. The summed E-state index contributed by atoms with van der Waals surface area (Å²) in [6.07, 6.45) is 18.9. The van der Waals surface area contributed by atoms with E-state index in [2.05, 4.69) is 52.3 Å². The van der Waals surface area contributed by atoms with E-state index in [0.717, 1.165) is 37.0 Å². The van der Waals surface area contributed by atoms with E-state index < -0.39 is 0 Å². The van der Waals surface area contributed by atoms with Crippen LogP contribution in [0.1, 0.15) is 52.1 Å². The van der Waals surface area contributed by atoms with Crippen LogP contribution in [-0.4, -0.2) is 45.4 Å². The Morgan fingerprint density at radius 1 is 1.03 bits per heavy atom. The minimum Gasteiger partial charge on any atom is -0.478 e. The standard InChI is InChI=1S/C27H31N5O2/c1-4-33-24-17-25(34-5-2)32-27(31-24)26-28-15-14-23(30-26)21-16-22(29-18-21)13-12-20-10-6-8-19(3)9-7-11-20/h6,8,10-11,14-18,22H,4-5,7,9,12-13H2,1-3H3. The molecule has 7 heteroatoms. The van der Waals surface area contributed by atoms with Crippen LogP contribution in [0.15, 0.2) is 64.8 Å². The molecule has 0 saturated heterocycles. The summed E-state index contributed by atoms with van der Waals surface area (Å²) < 4.78 is 11.1. The van der Waals surface area contributed by atoms with Gasteiger partial charge in [-0.3, -0.25) is 4.99 Å². The zero-order valence-corrected chi connectivity index (χ0v) is 20.1. The molecule has 1 atom stereocenters. The van der Waals surface area contributed by atoms with Crippen LogP contribution in [0.2, 0.25) is 0 Å². The third-order valence-electron chi connectivity index (χ3n) is 5.56.